The van der Waals surface area contributed by atoms with Crippen LogP contribution in [0, 0.1) is 13.8 Å². The second-order valence-electron chi connectivity index (χ2n) is 7.77. The number of alkyl halides is 2. The zero-order valence-corrected chi connectivity index (χ0v) is 17.6. The fourth-order valence-corrected chi connectivity index (χ4v) is 3.85. The highest BCUT2D eigenvalue weighted by Crippen LogP contribution is 2.32. The number of rotatable bonds is 5. The van der Waals surface area contributed by atoms with Crippen LogP contribution in [0.25, 0.3) is 22.3 Å². The van der Waals surface area contributed by atoms with E-state index in [9.17, 15) is 13.6 Å². The Kier molecular flexibility index (Phi) is 5.59. The zero-order chi connectivity index (χ0) is 22.1. The Morgan fingerprint density at radius 3 is 2.39 bits per heavy atom. The van der Waals surface area contributed by atoms with Gasteiger partial charge in [0.25, 0.3) is 6.43 Å². The summed E-state index contributed by atoms with van der Waals surface area (Å²) in [5.74, 6) is 0.537. The lowest BCUT2D eigenvalue weighted by Gasteiger charge is -2.19. The highest BCUT2D eigenvalue weighted by molar-refractivity contribution is 5.84. The number of anilines is 1. The highest BCUT2D eigenvalue weighted by Gasteiger charge is 2.19. The van der Waals surface area contributed by atoms with E-state index >= 15 is 0 Å². The van der Waals surface area contributed by atoms with E-state index in [0.29, 0.717) is 28.0 Å². The van der Waals surface area contributed by atoms with Crippen LogP contribution in [0.3, 0.4) is 0 Å². The van der Waals surface area contributed by atoms with Crippen molar-refractivity contribution < 1.29 is 13.2 Å². The predicted molar refractivity (Wildman–Crippen MR) is 121 cm³/mol. The average molecular weight is 419 g/mol. The molecule has 1 unspecified atom stereocenters. The van der Waals surface area contributed by atoms with E-state index in [4.69, 9.17) is 4.42 Å². The van der Waals surface area contributed by atoms with Crippen LogP contribution in [0.4, 0.5) is 14.5 Å². The number of benzene rings is 3. The SMILES string of the molecule is Cc1cc(C(C)Nc2cccc(C(F)F)c2)c2oc(-c3ccccc3)c(C)c(=O)c2c1. The van der Waals surface area contributed by atoms with Crippen LogP contribution in [0.2, 0.25) is 0 Å². The summed E-state index contributed by atoms with van der Waals surface area (Å²) in [4.78, 5) is 13.2. The van der Waals surface area contributed by atoms with Gasteiger partial charge in [0.05, 0.1) is 11.4 Å². The molecular weight excluding hydrogens is 396 g/mol. The van der Waals surface area contributed by atoms with E-state index in [1.807, 2.05) is 56.3 Å². The summed E-state index contributed by atoms with van der Waals surface area (Å²) in [7, 11) is 0. The summed E-state index contributed by atoms with van der Waals surface area (Å²) in [6, 6.07) is 19.2. The molecule has 4 aromatic rings. The second kappa shape index (κ2) is 8.34. The molecule has 0 saturated heterocycles. The Hall–Kier alpha value is -3.47. The first-order valence-corrected chi connectivity index (χ1v) is 10.1. The van der Waals surface area contributed by atoms with Crippen LogP contribution in [0.5, 0.6) is 0 Å². The smallest absolute Gasteiger partial charge is 0.263 e. The van der Waals surface area contributed by atoms with Crippen molar-refractivity contribution in [2.75, 3.05) is 5.32 Å². The molecular formula is C26H23F2NO2. The lowest BCUT2D eigenvalue weighted by Crippen LogP contribution is -2.12. The Bertz CT molecular complexity index is 1300. The molecule has 0 amide bonds. The molecule has 0 aliphatic rings. The Morgan fingerprint density at radius 1 is 0.935 bits per heavy atom. The number of halogens is 2. The number of aryl methyl sites for hydroxylation is 1. The van der Waals surface area contributed by atoms with E-state index in [2.05, 4.69) is 5.32 Å². The van der Waals surface area contributed by atoms with Crippen LogP contribution >= 0.6 is 0 Å². The van der Waals surface area contributed by atoms with Crippen LogP contribution in [-0.2, 0) is 0 Å². The van der Waals surface area contributed by atoms with Gasteiger partial charge >= 0.3 is 0 Å². The molecule has 0 aliphatic heterocycles. The van der Waals surface area contributed by atoms with E-state index in [0.717, 1.165) is 16.7 Å². The summed E-state index contributed by atoms with van der Waals surface area (Å²) in [6.45, 7) is 5.62. The molecule has 0 aliphatic carbocycles. The minimum atomic E-state index is -2.54. The third-order valence-electron chi connectivity index (χ3n) is 5.42. The van der Waals surface area contributed by atoms with Crippen molar-refractivity contribution in [1.82, 2.24) is 0 Å². The fraction of sp³-hybridized carbons (Fsp3) is 0.192. The molecule has 0 saturated carbocycles. The molecule has 5 heteroatoms. The lowest BCUT2D eigenvalue weighted by atomic mass is 9.98. The van der Waals surface area contributed by atoms with Gasteiger partial charge in [-0.25, -0.2) is 8.78 Å². The van der Waals surface area contributed by atoms with Crippen molar-refractivity contribution in [3.63, 3.8) is 0 Å². The van der Waals surface area contributed by atoms with Gasteiger partial charge in [-0.3, -0.25) is 4.79 Å². The molecule has 1 N–H and O–H groups in total. The molecule has 1 heterocycles. The second-order valence-corrected chi connectivity index (χ2v) is 7.77. The van der Waals surface area contributed by atoms with Crippen molar-refractivity contribution in [3.8, 4) is 11.3 Å². The normalized spacial score (nSPS) is 12.3. The van der Waals surface area contributed by atoms with Crippen molar-refractivity contribution in [2.24, 2.45) is 0 Å². The minimum absolute atomic E-state index is 0.0418. The molecule has 0 fully saturated rings. The van der Waals surface area contributed by atoms with E-state index in [1.54, 1.807) is 19.1 Å². The van der Waals surface area contributed by atoms with Gasteiger partial charge in [-0.1, -0.05) is 48.5 Å². The molecule has 1 aromatic heterocycles. The largest absolute Gasteiger partial charge is 0.455 e. The van der Waals surface area contributed by atoms with E-state index in [1.165, 1.54) is 12.1 Å². The molecule has 1 atom stereocenters. The average Bonchev–Trinajstić information content (AvgIpc) is 2.76. The van der Waals surface area contributed by atoms with Gasteiger partial charge in [-0.2, -0.15) is 0 Å². The standard InChI is InChI=1S/C26H23F2NO2/c1-15-12-21(17(3)29-20-11-7-10-19(14-20)26(27)28)25-22(13-15)23(30)16(2)24(31-25)18-8-5-4-6-9-18/h4-14,17,26,29H,1-3H3. The molecule has 0 radical (unpaired) electrons. The van der Waals surface area contributed by atoms with Crippen molar-refractivity contribution >= 4 is 16.7 Å². The first-order chi connectivity index (χ1) is 14.8. The van der Waals surface area contributed by atoms with Gasteiger partial charge in [0.1, 0.15) is 11.3 Å². The number of nitrogens with one attached hydrogen (secondary N) is 1. The van der Waals surface area contributed by atoms with Crippen LogP contribution < -0.4 is 10.7 Å². The van der Waals surface area contributed by atoms with E-state index in [-0.39, 0.29) is 17.0 Å². The molecule has 3 nitrogen and oxygen atoms in total. The van der Waals surface area contributed by atoms with Gasteiger partial charge < -0.3 is 9.73 Å². The topological polar surface area (TPSA) is 42.2 Å². The molecule has 0 bridgehead atoms. The monoisotopic (exact) mass is 419 g/mol. The van der Waals surface area contributed by atoms with E-state index < -0.39 is 6.43 Å². The van der Waals surface area contributed by atoms with Crippen LogP contribution in [0.1, 0.15) is 41.6 Å². The predicted octanol–water partition coefficient (Wildman–Crippen LogP) is 7.19. The van der Waals surface area contributed by atoms with Gasteiger partial charge in [-0.15, -0.1) is 0 Å². The third-order valence-corrected chi connectivity index (χ3v) is 5.42. The molecule has 0 spiro atoms. The summed E-state index contributed by atoms with van der Waals surface area (Å²) >= 11 is 0. The Labute approximate surface area is 179 Å². The van der Waals surface area contributed by atoms with Gasteiger partial charge in [0.2, 0.25) is 0 Å². The summed E-state index contributed by atoms with van der Waals surface area (Å²) < 4.78 is 32.5. The molecule has 31 heavy (non-hydrogen) atoms. The molecule has 3 aromatic carbocycles. The van der Waals surface area contributed by atoms with Gasteiger partial charge in [0.15, 0.2) is 5.43 Å². The zero-order valence-electron chi connectivity index (χ0n) is 17.6. The van der Waals surface area contributed by atoms with Crippen LogP contribution in [0.15, 0.2) is 75.9 Å². The first-order valence-electron chi connectivity index (χ1n) is 10.1. The first kappa shape index (κ1) is 20.8. The summed E-state index contributed by atoms with van der Waals surface area (Å²) in [6.07, 6.45) is -2.54. The third kappa shape index (κ3) is 4.08. The maximum atomic E-state index is 13.2. The number of hydrogen-bond acceptors (Lipinski definition) is 3. The molecule has 4 rings (SSSR count). The number of hydrogen-bond donors (Lipinski definition) is 1. The van der Waals surface area contributed by atoms with Crippen molar-refractivity contribution in [3.05, 3.63) is 99.2 Å². The maximum absolute atomic E-state index is 13.2. The quantitative estimate of drug-likeness (QED) is 0.372. The Morgan fingerprint density at radius 2 is 1.68 bits per heavy atom. The van der Waals surface area contributed by atoms with Crippen molar-refractivity contribution in [1.29, 1.82) is 0 Å². The number of fused-ring (bicyclic) bond motifs is 1. The lowest BCUT2D eigenvalue weighted by molar-refractivity contribution is 0.151. The van der Waals surface area contributed by atoms with Crippen LogP contribution in [-0.4, -0.2) is 0 Å². The molecule has 158 valence electrons. The van der Waals surface area contributed by atoms with Gasteiger partial charge in [-0.05, 0) is 44.5 Å². The van der Waals surface area contributed by atoms with Gasteiger partial charge in [0, 0.05) is 27.9 Å². The highest BCUT2D eigenvalue weighted by atomic mass is 19.3. The minimum Gasteiger partial charge on any atom is -0.455 e. The Balaban J connectivity index is 1.84. The maximum Gasteiger partial charge on any atom is 0.263 e. The fourth-order valence-electron chi connectivity index (χ4n) is 3.85. The summed E-state index contributed by atoms with van der Waals surface area (Å²) in [5, 5.41) is 3.79. The van der Waals surface area contributed by atoms with Crippen molar-refractivity contribution in [2.45, 2.75) is 33.2 Å². The summed E-state index contributed by atoms with van der Waals surface area (Å²) in [5.41, 5.74) is 4.08.